The third-order valence-electron chi connectivity index (χ3n) is 11.7. The predicted molar refractivity (Wildman–Crippen MR) is 272 cm³/mol. The van der Waals surface area contributed by atoms with E-state index in [1.165, 1.54) is 56.6 Å². The molecule has 10 amide bonds. The predicted octanol–water partition coefficient (Wildman–Crippen LogP) is -2.19. The number of para-hydroxylation sites is 1. The number of hydrogen-bond donors (Lipinski definition) is 12. The molecule has 75 heavy (non-hydrogen) atoms. The summed E-state index contributed by atoms with van der Waals surface area (Å²) in [5.41, 5.74) is 7.20. The van der Waals surface area contributed by atoms with Crippen LogP contribution < -0.4 is 53.6 Å². The number of nitrogens with two attached hydrogens (primary N) is 1. The third-order valence-corrected chi connectivity index (χ3v) is 11.7. The lowest BCUT2D eigenvalue weighted by Crippen LogP contribution is -2.60. The Morgan fingerprint density at radius 2 is 1.23 bits per heavy atom. The van der Waals surface area contributed by atoms with E-state index in [1.807, 2.05) is 13.8 Å². The molecule has 0 spiro atoms. The van der Waals surface area contributed by atoms with Crippen LogP contribution in [0.15, 0.2) is 55.5 Å². The number of carbonyl (C=O) groups is 11. The SMILES string of the molecule is CC(=O)NC[C@H](CC(C)C)NC(=O)[C@H](Cc1cnc[nH]1)NC(=O)CNC(=O)[C@@H](NC(=O)[C@H](C)NC(=O)[C@H](Cc1cn(C=O)c2ccccc12)NC(=O)[C@H](Cc1cnc[nH]1)NC(=O)[C@H](CCC(N)=O)NC(C)=O)C(C)C. The van der Waals surface area contributed by atoms with Crippen molar-refractivity contribution in [1.29, 1.82) is 0 Å². The zero-order valence-electron chi connectivity index (χ0n) is 43.0. The van der Waals surface area contributed by atoms with Gasteiger partial charge in [-0.2, -0.15) is 0 Å². The van der Waals surface area contributed by atoms with Crippen LogP contribution in [-0.4, -0.2) is 145 Å². The van der Waals surface area contributed by atoms with Gasteiger partial charge in [-0.15, -0.1) is 0 Å². The normalized spacial score (nSPS) is 13.9. The average Bonchev–Trinajstić information content (AvgIpc) is 4.14. The zero-order valence-corrected chi connectivity index (χ0v) is 43.0. The third kappa shape index (κ3) is 19.2. The minimum absolute atomic E-state index is 0.0172. The summed E-state index contributed by atoms with van der Waals surface area (Å²) in [5, 5.41) is 24.2. The number of rotatable bonds is 30. The number of imidazole rings is 2. The summed E-state index contributed by atoms with van der Waals surface area (Å²) in [6.45, 7) is 10.6. The highest BCUT2D eigenvalue weighted by Gasteiger charge is 2.34. The van der Waals surface area contributed by atoms with E-state index in [-0.39, 0.29) is 50.5 Å². The molecule has 0 fully saturated rings. The first-order valence-corrected chi connectivity index (χ1v) is 24.4. The van der Waals surface area contributed by atoms with Crippen LogP contribution in [0, 0.1) is 11.8 Å². The minimum atomic E-state index is -1.47. The Morgan fingerprint density at radius 3 is 1.77 bits per heavy atom. The van der Waals surface area contributed by atoms with Crippen LogP contribution in [0.5, 0.6) is 0 Å². The number of hydrogen-bond acceptors (Lipinski definition) is 13. The van der Waals surface area contributed by atoms with Gasteiger partial charge in [0, 0.05) is 87.5 Å². The van der Waals surface area contributed by atoms with Gasteiger partial charge in [-0.1, -0.05) is 45.9 Å². The van der Waals surface area contributed by atoms with E-state index < -0.39 is 108 Å². The average molecular weight is 1040 g/mol. The number of benzene rings is 1. The first-order chi connectivity index (χ1) is 35.5. The van der Waals surface area contributed by atoms with Gasteiger partial charge in [0.1, 0.15) is 36.3 Å². The molecule has 26 nitrogen and oxygen atoms in total. The molecule has 0 aliphatic heterocycles. The zero-order chi connectivity index (χ0) is 55.4. The lowest BCUT2D eigenvalue weighted by molar-refractivity contribution is -0.135. The molecule has 3 aromatic heterocycles. The monoisotopic (exact) mass is 1040 g/mol. The smallest absolute Gasteiger partial charge is 0.243 e. The Balaban J connectivity index is 1.51. The van der Waals surface area contributed by atoms with Gasteiger partial charge in [-0.3, -0.25) is 57.3 Å². The molecule has 0 saturated carbocycles. The summed E-state index contributed by atoms with van der Waals surface area (Å²) in [6, 6.07) is -1.48. The second-order valence-electron chi connectivity index (χ2n) is 18.9. The highest BCUT2D eigenvalue weighted by molar-refractivity contribution is 5.98. The maximum absolute atomic E-state index is 14.3. The van der Waals surface area contributed by atoms with E-state index in [2.05, 4.69) is 67.8 Å². The summed E-state index contributed by atoms with van der Waals surface area (Å²) < 4.78 is 1.30. The summed E-state index contributed by atoms with van der Waals surface area (Å²) in [4.78, 5) is 158. The number of aromatic amines is 2. The van der Waals surface area contributed by atoms with E-state index in [4.69, 9.17) is 5.73 Å². The molecule has 13 N–H and O–H groups in total. The van der Waals surface area contributed by atoms with E-state index in [1.54, 1.807) is 38.1 Å². The Morgan fingerprint density at radius 1 is 0.653 bits per heavy atom. The van der Waals surface area contributed by atoms with Gasteiger partial charge in [0.05, 0.1) is 24.7 Å². The fourth-order valence-corrected chi connectivity index (χ4v) is 8.00. The van der Waals surface area contributed by atoms with Crippen molar-refractivity contribution in [2.75, 3.05) is 13.1 Å². The van der Waals surface area contributed by atoms with Crippen LogP contribution in [0.4, 0.5) is 0 Å². The van der Waals surface area contributed by atoms with Gasteiger partial charge in [-0.05, 0) is 43.2 Å². The summed E-state index contributed by atoms with van der Waals surface area (Å²) >= 11 is 0. The number of amides is 10. The summed E-state index contributed by atoms with van der Waals surface area (Å²) in [5.74, 6) is -7.42. The summed E-state index contributed by atoms with van der Waals surface area (Å²) in [7, 11) is 0. The molecule has 0 unspecified atom stereocenters. The number of H-pyrrole nitrogens is 2. The van der Waals surface area contributed by atoms with E-state index in [0.29, 0.717) is 40.7 Å². The van der Waals surface area contributed by atoms with Gasteiger partial charge >= 0.3 is 0 Å². The van der Waals surface area contributed by atoms with Crippen molar-refractivity contribution in [2.24, 2.45) is 17.6 Å². The Kier molecular flexibility index (Phi) is 22.6. The number of nitrogens with zero attached hydrogens (tertiary/aromatic N) is 3. The fourth-order valence-electron chi connectivity index (χ4n) is 8.00. The van der Waals surface area contributed by atoms with Gasteiger partial charge in [-0.25, -0.2) is 9.97 Å². The van der Waals surface area contributed by atoms with Crippen molar-refractivity contribution in [3.8, 4) is 0 Å². The van der Waals surface area contributed by atoms with E-state index >= 15 is 0 Å². The molecule has 0 aliphatic carbocycles. The highest BCUT2D eigenvalue weighted by Crippen LogP contribution is 2.22. The molecule has 0 bridgehead atoms. The lowest BCUT2D eigenvalue weighted by atomic mass is 10.0. The maximum Gasteiger partial charge on any atom is 0.243 e. The first-order valence-electron chi connectivity index (χ1n) is 24.4. The van der Waals surface area contributed by atoms with Crippen molar-refractivity contribution in [3.05, 3.63) is 72.5 Å². The molecular weight excluding hydrogens is 975 g/mol. The topological polar surface area (TPSA) is 384 Å². The molecular formula is C49H69N15O11. The summed E-state index contributed by atoms with van der Waals surface area (Å²) in [6.07, 6.45) is 7.41. The molecule has 4 aromatic rings. The Hall–Kier alpha value is -8.45. The fraction of sp³-hybridized carbons (Fsp3) is 0.490. The maximum atomic E-state index is 14.3. The van der Waals surface area contributed by atoms with Gasteiger partial charge in [0.2, 0.25) is 65.5 Å². The molecule has 0 radical (unpaired) electrons. The van der Waals surface area contributed by atoms with Crippen LogP contribution in [0.2, 0.25) is 0 Å². The van der Waals surface area contributed by atoms with E-state index in [0.717, 1.165) is 0 Å². The number of aromatic nitrogens is 5. The molecule has 26 heteroatoms. The van der Waals surface area contributed by atoms with Crippen LogP contribution in [-0.2, 0) is 72.0 Å². The van der Waals surface area contributed by atoms with Crippen LogP contribution in [0.25, 0.3) is 10.9 Å². The standard InChI is InChI=1S/C49H69N15O11/c1-26(2)14-34(20-53-29(6)66)59-47(73)38(16-32-18-51-23-55-32)60-42(69)21-54-49(75)43(27(3)4)63-44(70)28(5)57-46(72)37(15-31-22-64(25-65)40-11-9-8-10-35(31)40)61-48(74)39(17-33-19-52-24-56-33)62-45(71)36(58-30(7)67)12-13-41(50)68/h8-11,18-19,22-28,34,36-39,43H,12-17,20-21H2,1-7H3,(H2,50,68)(H,51,55)(H,52,56)(H,53,66)(H,54,75)(H,57,72)(H,58,67)(H,59,73)(H,60,69)(H,61,74)(H,62,71)(H,63,70)/t28-,34-,36-,37-,38-,39-,43-/m0/s1. The molecule has 4 rings (SSSR count). The number of primary amides is 1. The Labute approximate surface area is 432 Å². The van der Waals surface area contributed by atoms with Crippen molar-refractivity contribution >= 4 is 76.4 Å². The van der Waals surface area contributed by atoms with E-state index in [9.17, 15) is 52.7 Å². The van der Waals surface area contributed by atoms with Crippen molar-refractivity contribution < 1.29 is 52.7 Å². The molecule has 0 aliphatic rings. The van der Waals surface area contributed by atoms with Crippen LogP contribution in [0.3, 0.4) is 0 Å². The van der Waals surface area contributed by atoms with Gasteiger partial charge < -0.3 is 63.6 Å². The number of nitrogens with one attached hydrogen (secondary N) is 11. The van der Waals surface area contributed by atoms with Crippen molar-refractivity contribution in [3.63, 3.8) is 0 Å². The second-order valence-corrected chi connectivity index (χ2v) is 18.9. The minimum Gasteiger partial charge on any atom is -0.370 e. The molecule has 3 heterocycles. The second kappa shape index (κ2) is 28.7. The molecule has 406 valence electrons. The highest BCUT2D eigenvalue weighted by atomic mass is 16.2. The van der Waals surface area contributed by atoms with Crippen LogP contribution >= 0.6 is 0 Å². The van der Waals surface area contributed by atoms with Gasteiger partial charge in [0.25, 0.3) is 0 Å². The molecule has 0 saturated heterocycles. The first kappa shape index (κ1) is 59.1. The Bertz CT molecular complexity index is 2630. The van der Waals surface area contributed by atoms with Crippen molar-refractivity contribution in [1.82, 2.24) is 72.4 Å². The lowest BCUT2D eigenvalue weighted by Gasteiger charge is -2.27. The van der Waals surface area contributed by atoms with Gasteiger partial charge in [0.15, 0.2) is 0 Å². The molecule has 1 aromatic carbocycles. The number of fused-ring (bicyclic) bond motifs is 1. The quantitative estimate of drug-likeness (QED) is 0.0247. The van der Waals surface area contributed by atoms with Crippen LogP contribution in [0.1, 0.15) is 84.7 Å². The number of carbonyl (C=O) groups excluding carboxylic acids is 11. The largest absolute Gasteiger partial charge is 0.370 e. The molecule has 7 atom stereocenters. The van der Waals surface area contributed by atoms with Crippen molar-refractivity contribution in [2.45, 2.75) is 129 Å².